The van der Waals surface area contributed by atoms with Crippen molar-refractivity contribution in [2.45, 2.75) is 13.3 Å². The maximum absolute atomic E-state index is 10.5. The summed E-state index contributed by atoms with van der Waals surface area (Å²) < 4.78 is 0.946. The molecule has 0 N–H and O–H groups in total. The molecule has 0 bridgehead atoms. The number of carbonyl (C=O) groups is 1. The Morgan fingerprint density at radius 3 is 2.38 bits per heavy atom. The van der Waals surface area contributed by atoms with E-state index in [0.717, 1.165) is 4.42 Å². The smallest absolute Gasteiger partial charge is 0.237 e. The van der Waals surface area contributed by atoms with Crippen LogP contribution in [-0.2, 0) is 4.79 Å². The summed E-state index contributed by atoms with van der Waals surface area (Å²) in [6, 6.07) is 0.0498. The van der Waals surface area contributed by atoms with Gasteiger partial charge in [0.25, 0.3) is 0 Å². The first-order valence-corrected chi connectivity index (χ1v) is 3.11. The van der Waals surface area contributed by atoms with Crippen LogP contribution in [0.5, 0.6) is 0 Å². The monoisotopic (exact) mass is 155 g/mol. The van der Waals surface area contributed by atoms with Crippen LogP contribution in [0.1, 0.15) is 13.3 Å². The predicted octanol–water partition coefficient (Wildman–Crippen LogP) is 1.58. The van der Waals surface area contributed by atoms with Gasteiger partial charge in [0.15, 0.2) is 0 Å². The van der Waals surface area contributed by atoms with E-state index in [-0.39, 0.29) is 11.9 Å². The Bertz CT molecular complexity index is 86.1. The highest BCUT2D eigenvalue weighted by molar-refractivity contribution is 6.27. The molecule has 4 heteroatoms. The molecule has 0 aliphatic rings. The maximum Gasteiger partial charge on any atom is 0.237 e. The second kappa shape index (κ2) is 3.98. The number of alkyl halides is 1. The molecule has 0 rings (SSSR count). The third-order valence-electron chi connectivity index (χ3n) is 0.678. The molecule has 8 heavy (non-hydrogen) atoms. The third-order valence-corrected chi connectivity index (χ3v) is 1.35. The predicted molar refractivity (Wildman–Crippen MR) is 33.7 cm³/mol. The molecule has 0 radical (unpaired) electrons. The Kier molecular flexibility index (Phi) is 4.01. The second-order valence-electron chi connectivity index (χ2n) is 1.23. The van der Waals surface area contributed by atoms with Gasteiger partial charge in [0.1, 0.15) is 6.00 Å². The number of carbonyl (C=O) groups excluding carboxylic acids is 1. The highest BCUT2D eigenvalue weighted by Gasteiger charge is 2.03. The molecule has 0 aromatic carbocycles. The van der Waals surface area contributed by atoms with Crippen LogP contribution < -0.4 is 0 Å². The molecule has 1 amide bonds. The van der Waals surface area contributed by atoms with Crippen molar-refractivity contribution in [2.24, 2.45) is 0 Å². The second-order valence-corrected chi connectivity index (χ2v) is 1.88. The van der Waals surface area contributed by atoms with Crippen LogP contribution in [0.15, 0.2) is 0 Å². The van der Waals surface area contributed by atoms with Crippen molar-refractivity contribution in [3.8, 4) is 0 Å². The van der Waals surface area contributed by atoms with Crippen LogP contribution >= 0.6 is 23.4 Å². The summed E-state index contributed by atoms with van der Waals surface area (Å²) in [5, 5.41) is 0. The molecule has 0 fully saturated rings. The highest BCUT2D eigenvalue weighted by Crippen LogP contribution is 1.98. The minimum absolute atomic E-state index is 0.0498. The van der Waals surface area contributed by atoms with Crippen molar-refractivity contribution >= 4 is 29.3 Å². The largest absolute Gasteiger partial charge is 0.274 e. The van der Waals surface area contributed by atoms with Gasteiger partial charge in [0, 0.05) is 18.2 Å². The van der Waals surface area contributed by atoms with Crippen molar-refractivity contribution in [1.82, 2.24) is 4.42 Å². The molecule has 0 aromatic heterocycles. The van der Waals surface area contributed by atoms with Crippen molar-refractivity contribution in [3.05, 3.63) is 0 Å². The van der Waals surface area contributed by atoms with Crippen LogP contribution in [-0.4, -0.2) is 16.3 Å². The van der Waals surface area contributed by atoms with E-state index in [0.29, 0.717) is 6.42 Å². The van der Waals surface area contributed by atoms with Gasteiger partial charge in [0.2, 0.25) is 5.91 Å². The molecule has 0 aliphatic carbocycles. The van der Waals surface area contributed by atoms with Crippen molar-refractivity contribution < 1.29 is 4.79 Å². The summed E-state index contributed by atoms with van der Waals surface area (Å²) in [4.78, 5) is 10.5. The third kappa shape index (κ3) is 2.38. The fourth-order valence-electron chi connectivity index (χ4n) is 0.238. The van der Waals surface area contributed by atoms with E-state index in [2.05, 4.69) is 0 Å². The van der Waals surface area contributed by atoms with Gasteiger partial charge in [0.05, 0.1) is 0 Å². The van der Waals surface area contributed by atoms with Crippen molar-refractivity contribution in [3.63, 3.8) is 0 Å². The SMILES string of the molecule is CCC(=O)N(Cl)CCl. The summed E-state index contributed by atoms with van der Waals surface area (Å²) in [5.74, 6) is -0.151. The summed E-state index contributed by atoms with van der Waals surface area (Å²) in [6.07, 6.45) is 0.399. The van der Waals surface area contributed by atoms with E-state index in [1.807, 2.05) is 0 Å². The summed E-state index contributed by atoms with van der Waals surface area (Å²) in [5.41, 5.74) is 0. The molecular formula is C4H7Cl2NO. The number of nitrogens with zero attached hydrogens (tertiary/aromatic N) is 1. The summed E-state index contributed by atoms with van der Waals surface area (Å²) >= 11 is 10.5. The molecule has 0 heterocycles. The van der Waals surface area contributed by atoms with E-state index in [9.17, 15) is 4.79 Å². The Hall–Kier alpha value is 0.0500. The first-order valence-electron chi connectivity index (χ1n) is 2.24. The number of halogens is 2. The van der Waals surface area contributed by atoms with E-state index in [1.54, 1.807) is 6.92 Å². The van der Waals surface area contributed by atoms with Crippen LogP contribution in [0.4, 0.5) is 0 Å². The Morgan fingerprint density at radius 1 is 1.75 bits per heavy atom. The van der Waals surface area contributed by atoms with E-state index < -0.39 is 0 Å². The Balaban J connectivity index is 3.46. The van der Waals surface area contributed by atoms with Crippen molar-refractivity contribution in [2.75, 3.05) is 6.00 Å². The first-order chi connectivity index (χ1) is 3.72. The molecule has 0 aliphatic heterocycles. The fraction of sp³-hybridized carbons (Fsp3) is 0.750. The lowest BCUT2D eigenvalue weighted by molar-refractivity contribution is -0.125. The van der Waals surface area contributed by atoms with Gasteiger partial charge in [-0.05, 0) is 0 Å². The quantitative estimate of drug-likeness (QED) is 0.337. The Morgan fingerprint density at radius 2 is 2.25 bits per heavy atom. The molecule has 48 valence electrons. The molecule has 2 nitrogen and oxygen atoms in total. The zero-order valence-corrected chi connectivity index (χ0v) is 6.04. The molecular weight excluding hydrogens is 149 g/mol. The van der Waals surface area contributed by atoms with E-state index in [1.165, 1.54) is 0 Å². The van der Waals surface area contributed by atoms with Gasteiger partial charge < -0.3 is 0 Å². The molecule has 0 spiro atoms. The van der Waals surface area contributed by atoms with Crippen LogP contribution in [0.3, 0.4) is 0 Å². The average Bonchev–Trinajstić information content (AvgIpc) is 1.84. The maximum atomic E-state index is 10.5. The normalized spacial score (nSPS) is 8.88. The number of hydrogen-bond donors (Lipinski definition) is 0. The van der Waals surface area contributed by atoms with Gasteiger partial charge in [-0.2, -0.15) is 0 Å². The Labute approximate surface area is 58.5 Å². The number of amides is 1. The van der Waals surface area contributed by atoms with Crippen LogP contribution in [0.2, 0.25) is 0 Å². The minimum Gasteiger partial charge on any atom is -0.274 e. The summed E-state index contributed by atoms with van der Waals surface area (Å²) in [7, 11) is 0. The zero-order chi connectivity index (χ0) is 6.57. The van der Waals surface area contributed by atoms with Gasteiger partial charge in [-0.25, -0.2) is 4.42 Å². The lowest BCUT2D eigenvalue weighted by Gasteiger charge is -2.05. The number of hydrogen-bond acceptors (Lipinski definition) is 1. The minimum atomic E-state index is -0.151. The standard InChI is InChI=1S/C4H7Cl2NO/c1-2-4(8)7(6)3-5/h2-3H2,1H3. The fourth-order valence-corrected chi connectivity index (χ4v) is 0.491. The van der Waals surface area contributed by atoms with E-state index >= 15 is 0 Å². The van der Waals surface area contributed by atoms with Crippen molar-refractivity contribution in [1.29, 1.82) is 0 Å². The topological polar surface area (TPSA) is 20.3 Å². The van der Waals surface area contributed by atoms with Crippen LogP contribution in [0.25, 0.3) is 0 Å². The number of rotatable bonds is 2. The van der Waals surface area contributed by atoms with Gasteiger partial charge in [-0.3, -0.25) is 4.79 Å². The highest BCUT2D eigenvalue weighted by atomic mass is 35.5. The first kappa shape index (κ1) is 8.05. The van der Waals surface area contributed by atoms with Gasteiger partial charge >= 0.3 is 0 Å². The molecule has 0 aromatic rings. The van der Waals surface area contributed by atoms with Gasteiger partial charge in [-0.1, -0.05) is 6.92 Å². The zero-order valence-electron chi connectivity index (χ0n) is 4.53. The van der Waals surface area contributed by atoms with Gasteiger partial charge in [-0.15, -0.1) is 11.6 Å². The molecule has 0 saturated carbocycles. The van der Waals surface area contributed by atoms with E-state index in [4.69, 9.17) is 23.4 Å². The molecule has 0 saturated heterocycles. The van der Waals surface area contributed by atoms with Crippen LogP contribution in [0, 0.1) is 0 Å². The lowest BCUT2D eigenvalue weighted by Crippen LogP contribution is -2.17. The summed E-state index contributed by atoms with van der Waals surface area (Å²) in [6.45, 7) is 1.73. The lowest BCUT2D eigenvalue weighted by atomic mass is 10.5. The molecule has 0 atom stereocenters. The molecule has 0 unspecified atom stereocenters. The average molecular weight is 156 g/mol.